The van der Waals surface area contributed by atoms with Gasteiger partial charge < -0.3 is 9.13 Å². The molecular formula is C14H19ClN6. The Labute approximate surface area is 128 Å². The first-order chi connectivity index (χ1) is 10.0. The summed E-state index contributed by atoms with van der Waals surface area (Å²) < 4.78 is 6.11. The number of hydrogen-bond acceptors (Lipinski definition) is 3. The van der Waals surface area contributed by atoms with Gasteiger partial charge in [-0.25, -0.2) is 14.6 Å². The zero-order chi connectivity index (χ0) is 15.1. The maximum absolute atomic E-state index is 6.32. The fraction of sp³-hybridized carbons (Fsp3) is 0.500. The van der Waals surface area contributed by atoms with Crippen molar-refractivity contribution in [2.75, 3.05) is 0 Å². The van der Waals surface area contributed by atoms with Crippen LogP contribution in [0.15, 0.2) is 12.4 Å². The first kappa shape index (κ1) is 14.1. The fourth-order valence-electron chi connectivity index (χ4n) is 2.61. The molecule has 3 rings (SSSR count). The molecule has 0 saturated carbocycles. The van der Waals surface area contributed by atoms with E-state index in [2.05, 4.69) is 21.6 Å². The first-order valence-corrected chi connectivity index (χ1v) is 7.50. The van der Waals surface area contributed by atoms with Crippen LogP contribution in [0.5, 0.6) is 0 Å². The van der Waals surface area contributed by atoms with Gasteiger partial charge in [-0.15, -0.1) is 11.6 Å². The molecule has 6 nitrogen and oxygen atoms in total. The molecule has 0 aliphatic carbocycles. The third-order valence-electron chi connectivity index (χ3n) is 3.70. The van der Waals surface area contributed by atoms with Gasteiger partial charge in [0.25, 0.3) is 0 Å². The Bertz CT molecular complexity index is 779. The molecule has 0 bridgehead atoms. The van der Waals surface area contributed by atoms with E-state index in [1.807, 2.05) is 36.3 Å². The summed E-state index contributed by atoms with van der Waals surface area (Å²) >= 11 is 6.32. The van der Waals surface area contributed by atoms with E-state index in [0.717, 1.165) is 35.1 Å². The summed E-state index contributed by atoms with van der Waals surface area (Å²) in [4.78, 5) is 9.10. The van der Waals surface area contributed by atoms with Crippen LogP contribution in [-0.2, 0) is 20.1 Å². The van der Waals surface area contributed by atoms with Gasteiger partial charge in [0.1, 0.15) is 17.2 Å². The lowest BCUT2D eigenvalue weighted by Crippen LogP contribution is -2.12. The van der Waals surface area contributed by atoms with Gasteiger partial charge in [0.05, 0.1) is 17.6 Å². The standard InChI is InChI=1S/C14H19ClN6/c1-5-21-14-12(10(3)18-21)17-13(9(2)15)20(14)8-11-16-6-7-19(11)4/h6-7,9H,5,8H2,1-4H3. The molecule has 1 unspecified atom stereocenters. The largest absolute Gasteiger partial charge is 0.337 e. The summed E-state index contributed by atoms with van der Waals surface area (Å²) in [6, 6.07) is 0. The minimum atomic E-state index is -0.164. The van der Waals surface area contributed by atoms with Gasteiger partial charge in [-0.2, -0.15) is 5.10 Å². The number of halogens is 1. The monoisotopic (exact) mass is 306 g/mol. The second-order valence-corrected chi connectivity index (χ2v) is 5.85. The Hall–Kier alpha value is -1.82. The number of alkyl halides is 1. The normalized spacial score (nSPS) is 13.2. The van der Waals surface area contributed by atoms with E-state index in [-0.39, 0.29) is 5.38 Å². The van der Waals surface area contributed by atoms with Crippen molar-refractivity contribution < 1.29 is 0 Å². The Balaban J connectivity index is 2.22. The highest BCUT2D eigenvalue weighted by Gasteiger charge is 2.21. The Kier molecular flexibility index (Phi) is 3.49. The smallest absolute Gasteiger partial charge is 0.159 e. The first-order valence-electron chi connectivity index (χ1n) is 7.06. The van der Waals surface area contributed by atoms with Gasteiger partial charge >= 0.3 is 0 Å². The van der Waals surface area contributed by atoms with Crippen LogP contribution in [0.1, 0.15) is 36.6 Å². The molecule has 3 heterocycles. The molecule has 0 amide bonds. The van der Waals surface area contributed by atoms with Crippen molar-refractivity contribution in [3.05, 3.63) is 29.7 Å². The summed E-state index contributed by atoms with van der Waals surface area (Å²) in [6.45, 7) is 7.43. The van der Waals surface area contributed by atoms with Crippen LogP contribution >= 0.6 is 11.6 Å². The molecule has 0 aliphatic heterocycles. The quantitative estimate of drug-likeness (QED) is 0.696. The van der Waals surface area contributed by atoms with Crippen molar-refractivity contribution in [2.24, 2.45) is 7.05 Å². The minimum Gasteiger partial charge on any atom is -0.337 e. The van der Waals surface area contributed by atoms with Crippen LogP contribution in [0.4, 0.5) is 0 Å². The van der Waals surface area contributed by atoms with E-state index in [4.69, 9.17) is 16.6 Å². The highest BCUT2D eigenvalue weighted by molar-refractivity contribution is 6.20. The zero-order valence-electron chi connectivity index (χ0n) is 12.7. The van der Waals surface area contributed by atoms with Crippen LogP contribution in [-0.4, -0.2) is 28.9 Å². The van der Waals surface area contributed by atoms with Crippen LogP contribution < -0.4 is 0 Å². The number of nitrogens with zero attached hydrogens (tertiary/aromatic N) is 6. The highest BCUT2D eigenvalue weighted by Crippen LogP contribution is 2.27. The number of aryl methyl sites for hydroxylation is 3. The molecule has 1 atom stereocenters. The molecule has 0 radical (unpaired) electrons. The molecule has 0 N–H and O–H groups in total. The molecular weight excluding hydrogens is 288 g/mol. The molecule has 3 aromatic rings. The molecule has 0 aliphatic rings. The highest BCUT2D eigenvalue weighted by atomic mass is 35.5. The van der Waals surface area contributed by atoms with Crippen molar-refractivity contribution >= 4 is 22.8 Å². The molecule has 3 aromatic heterocycles. The predicted molar refractivity (Wildman–Crippen MR) is 82.5 cm³/mol. The average Bonchev–Trinajstić information content (AvgIpc) is 3.08. The molecule has 21 heavy (non-hydrogen) atoms. The Morgan fingerprint density at radius 1 is 1.38 bits per heavy atom. The SMILES string of the molecule is CCn1nc(C)c2nc(C(C)Cl)n(Cc3nccn3C)c21. The van der Waals surface area contributed by atoms with Crippen LogP contribution in [0.25, 0.3) is 11.2 Å². The molecule has 0 aromatic carbocycles. The van der Waals surface area contributed by atoms with E-state index in [0.29, 0.717) is 6.54 Å². The van der Waals surface area contributed by atoms with Gasteiger partial charge in [0.2, 0.25) is 0 Å². The van der Waals surface area contributed by atoms with Gasteiger partial charge in [-0.05, 0) is 20.8 Å². The summed E-state index contributed by atoms with van der Waals surface area (Å²) in [5, 5.41) is 4.38. The summed E-state index contributed by atoms with van der Waals surface area (Å²) in [7, 11) is 1.99. The topological polar surface area (TPSA) is 53.5 Å². The lowest BCUT2D eigenvalue weighted by atomic mass is 10.4. The van der Waals surface area contributed by atoms with Crippen molar-refractivity contribution in [2.45, 2.75) is 39.2 Å². The number of hydrogen-bond donors (Lipinski definition) is 0. The van der Waals surface area contributed by atoms with E-state index in [9.17, 15) is 0 Å². The summed E-state index contributed by atoms with van der Waals surface area (Å²) in [5.74, 6) is 1.83. The maximum Gasteiger partial charge on any atom is 0.159 e. The maximum atomic E-state index is 6.32. The van der Waals surface area contributed by atoms with Crippen molar-refractivity contribution in [3.63, 3.8) is 0 Å². The molecule has 0 spiro atoms. The van der Waals surface area contributed by atoms with Crippen molar-refractivity contribution in [3.8, 4) is 0 Å². The van der Waals surface area contributed by atoms with Gasteiger partial charge in [0.15, 0.2) is 5.65 Å². The number of aromatic nitrogens is 6. The third kappa shape index (κ3) is 2.23. The zero-order valence-corrected chi connectivity index (χ0v) is 13.5. The van der Waals surface area contributed by atoms with Gasteiger partial charge in [0, 0.05) is 26.0 Å². The van der Waals surface area contributed by atoms with Gasteiger partial charge in [-0.1, -0.05) is 0 Å². The second kappa shape index (κ2) is 5.18. The number of fused-ring (bicyclic) bond motifs is 1. The predicted octanol–water partition coefficient (Wildman–Crippen LogP) is 2.64. The van der Waals surface area contributed by atoms with Crippen molar-refractivity contribution in [1.29, 1.82) is 0 Å². The fourth-order valence-corrected chi connectivity index (χ4v) is 2.78. The summed E-state index contributed by atoms with van der Waals surface area (Å²) in [5.41, 5.74) is 2.87. The van der Waals surface area contributed by atoms with Crippen LogP contribution in [0.2, 0.25) is 0 Å². The molecule has 112 valence electrons. The van der Waals surface area contributed by atoms with E-state index in [1.165, 1.54) is 0 Å². The molecule has 0 fully saturated rings. The second-order valence-electron chi connectivity index (χ2n) is 5.20. The van der Waals surface area contributed by atoms with Crippen molar-refractivity contribution in [1.82, 2.24) is 28.9 Å². The number of rotatable bonds is 4. The average molecular weight is 307 g/mol. The molecule has 7 heteroatoms. The Morgan fingerprint density at radius 3 is 2.71 bits per heavy atom. The van der Waals surface area contributed by atoms with E-state index in [1.54, 1.807) is 6.20 Å². The molecule has 0 saturated heterocycles. The van der Waals surface area contributed by atoms with E-state index >= 15 is 0 Å². The number of imidazole rings is 2. The third-order valence-corrected chi connectivity index (χ3v) is 3.90. The minimum absolute atomic E-state index is 0.164. The van der Waals surface area contributed by atoms with Crippen LogP contribution in [0.3, 0.4) is 0 Å². The Morgan fingerprint density at radius 2 is 2.14 bits per heavy atom. The van der Waals surface area contributed by atoms with E-state index < -0.39 is 0 Å². The lowest BCUT2D eigenvalue weighted by molar-refractivity contribution is 0.616. The van der Waals surface area contributed by atoms with Crippen LogP contribution in [0, 0.1) is 6.92 Å². The van der Waals surface area contributed by atoms with Gasteiger partial charge in [-0.3, -0.25) is 0 Å². The lowest BCUT2D eigenvalue weighted by Gasteiger charge is -2.11. The summed E-state index contributed by atoms with van der Waals surface area (Å²) in [6.07, 6.45) is 3.74.